The Morgan fingerprint density at radius 3 is 2.81 bits per heavy atom. The van der Waals surface area contributed by atoms with Gasteiger partial charge in [0.2, 0.25) is 0 Å². The molecular formula is C15H12ClN3O2. The number of anilines is 1. The van der Waals surface area contributed by atoms with Gasteiger partial charge in [-0.1, -0.05) is 17.7 Å². The van der Waals surface area contributed by atoms with E-state index >= 15 is 0 Å². The predicted molar refractivity (Wildman–Crippen MR) is 82.3 cm³/mol. The number of carbonyl (C=O) groups excluding carboxylic acids is 1. The molecule has 0 fully saturated rings. The van der Waals surface area contributed by atoms with Crippen LogP contribution in [0.3, 0.4) is 0 Å². The minimum atomic E-state index is -0.441. The van der Waals surface area contributed by atoms with Gasteiger partial charge in [-0.2, -0.15) is 0 Å². The van der Waals surface area contributed by atoms with Crippen molar-refractivity contribution < 1.29 is 9.53 Å². The zero-order chi connectivity index (χ0) is 15.0. The van der Waals surface area contributed by atoms with Crippen molar-refractivity contribution in [2.24, 2.45) is 0 Å². The predicted octanol–water partition coefficient (Wildman–Crippen LogP) is 3.25. The van der Waals surface area contributed by atoms with Gasteiger partial charge in [-0.15, -0.1) is 0 Å². The van der Waals surface area contributed by atoms with Gasteiger partial charge in [0.05, 0.1) is 17.6 Å². The summed E-state index contributed by atoms with van der Waals surface area (Å²) in [6.45, 7) is 0. The minimum Gasteiger partial charge on any atom is -0.464 e. The van der Waals surface area contributed by atoms with Crippen molar-refractivity contribution in [2.45, 2.75) is 0 Å². The first kappa shape index (κ1) is 13.5. The summed E-state index contributed by atoms with van der Waals surface area (Å²) in [4.78, 5) is 18.7. The zero-order valence-corrected chi connectivity index (χ0v) is 11.9. The number of aromatic nitrogens is 2. The van der Waals surface area contributed by atoms with Gasteiger partial charge in [0, 0.05) is 17.1 Å². The summed E-state index contributed by atoms with van der Waals surface area (Å²) in [7, 11) is 1.33. The first-order chi connectivity index (χ1) is 10.1. The number of aromatic amines is 1. The average molecular weight is 302 g/mol. The maximum atomic E-state index is 11.7. The van der Waals surface area contributed by atoms with E-state index in [-0.39, 0.29) is 0 Å². The summed E-state index contributed by atoms with van der Waals surface area (Å²) >= 11 is 6.18. The van der Waals surface area contributed by atoms with Crippen LogP contribution in [0.5, 0.6) is 0 Å². The number of methoxy groups -OCH3 is 1. The first-order valence-electron chi connectivity index (χ1n) is 6.21. The van der Waals surface area contributed by atoms with E-state index < -0.39 is 5.97 Å². The van der Waals surface area contributed by atoms with Crippen LogP contribution in [0.4, 0.5) is 5.82 Å². The number of nitrogens with zero attached hydrogens (tertiary/aromatic N) is 1. The van der Waals surface area contributed by atoms with Crippen molar-refractivity contribution in [3.8, 4) is 11.1 Å². The summed E-state index contributed by atoms with van der Waals surface area (Å²) in [5.41, 5.74) is 8.44. The normalized spacial score (nSPS) is 10.8. The Balaban J connectivity index is 2.24. The number of pyridine rings is 1. The Hall–Kier alpha value is -2.53. The Labute approximate surface area is 125 Å². The Morgan fingerprint density at radius 2 is 2.14 bits per heavy atom. The van der Waals surface area contributed by atoms with Crippen LogP contribution in [-0.4, -0.2) is 23.0 Å². The molecule has 0 saturated heterocycles. The molecule has 0 unspecified atom stereocenters. The number of nitrogens with two attached hydrogens (primary N) is 1. The fourth-order valence-electron chi connectivity index (χ4n) is 2.22. The highest BCUT2D eigenvalue weighted by Crippen LogP contribution is 2.33. The molecule has 1 aromatic carbocycles. The number of carbonyl (C=O) groups is 1. The number of nitrogens with one attached hydrogen (secondary N) is 1. The SMILES string of the molecule is COC(=O)c1cc2c(-c3ccc(N)nc3)ccc(Cl)c2[nH]1. The van der Waals surface area contributed by atoms with Gasteiger partial charge in [-0.25, -0.2) is 9.78 Å². The smallest absolute Gasteiger partial charge is 0.354 e. The summed E-state index contributed by atoms with van der Waals surface area (Å²) < 4.78 is 4.72. The largest absolute Gasteiger partial charge is 0.464 e. The van der Waals surface area contributed by atoms with Gasteiger partial charge in [0.15, 0.2) is 0 Å². The van der Waals surface area contributed by atoms with Crippen LogP contribution in [0, 0.1) is 0 Å². The van der Waals surface area contributed by atoms with Crippen LogP contribution in [0.15, 0.2) is 36.5 Å². The molecule has 2 aromatic heterocycles. The highest BCUT2D eigenvalue weighted by Gasteiger charge is 2.15. The van der Waals surface area contributed by atoms with Crippen LogP contribution in [0.2, 0.25) is 5.02 Å². The Kier molecular flexibility index (Phi) is 3.27. The van der Waals surface area contributed by atoms with E-state index in [0.717, 1.165) is 16.5 Å². The van der Waals surface area contributed by atoms with Gasteiger partial charge in [-0.3, -0.25) is 0 Å². The molecule has 0 radical (unpaired) electrons. The third-order valence-corrected chi connectivity index (χ3v) is 3.56. The second-order valence-corrected chi connectivity index (χ2v) is 4.94. The maximum absolute atomic E-state index is 11.7. The molecule has 0 bridgehead atoms. The van der Waals surface area contributed by atoms with Crippen molar-refractivity contribution in [3.63, 3.8) is 0 Å². The van der Waals surface area contributed by atoms with E-state index in [0.29, 0.717) is 22.1 Å². The lowest BCUT2D eigenvalue weighted by atomic mass is 10.0. The van der Waals surface area contributed by atoms with Gasteiger partial charge >= 0.3 is 5.97 Å². The number of esters is 1. The van der Waals surface area contributed by atoms with E-state index in [1.165, 1.54) is 7.11 Å². The number of halogens is 1. The average Bonchev–Trinajstić information content (AvgIpc) is 2.94. The summed E-state index contributed by atoms with van der Waals surface area (Å²) in [6.07, 6.45) is 1.68. The molecule has 0 aliphatic rings. The van der Waals surface area contributed by atoms with Gasteiger partial charge in [0.25, 0.3) is 0 Å². The third-order valence-electron chi connectivity index (χ3n) is 3.25. The fourth-order valence-corrected chi connectivity index (χ4v) is 2.43. The summed E-state index contributed by atoms with van der Waals surface area (Å²) in [6, 6.07) is 8.97. The standard InChI is InChI=1S/C15H12ClN3O2/c1-21-15(20)12-6-10-9(3-4-11(16)14(10)19-12)8-2-5-13(17)18-7-8/h2-7,19H,1H3,(H2,17,18). The molecular weight excluding hydrogens is 290 g/mol. The van der Waals surface area contributed by atoms with Crippen LogP contribution in [0.1, 0.15) is 10.5 Å². The van der Waals surface area contributed by atoms with Crippen LogP contribution in [0.25, 0.3) is 22.0 Å². The molecule has 0 saturated carbocycles. The molecule has 3 aromatic rings. The second-order valence-electron chi connectivity index (χ2n) is 4.53. The second kappa shape index (κ2) is 5.10. The lowest BCUT2D eigenvalue weighted by Gasteiger charge is -2.04. The third kappa shape index (κ3) is 2.32. The Bertz CT molecular complexity index is 825. The summed E-state index contributed by atoms with van der Waals surface area (Å²) in [5, 5.41) is 1.36. The number of nitrogen functional groups attached to an aromatic ring is 1. The monoisotopic (exact) mass is 301 g/mol. The molecule has 0 spiro atoms. The molecule has 0 aliphatic carbocycles. The number of hydrogen-bond acceptors (Lipinski definition) is 4. The van der Waals surface area contributed by atoms with E-state index in [1.54, 1.807) is 24.4 Å². The molecule has 0 aliphatic heterocycles. The number of rotatable bonds is 2. The number of hydrogen-bond donors (Lipinski definition) is 2. The molecule has 5 nitrogen and oxygen atoms in total. The molecule has 0 amide bonds. The van der Waals surface area contributed by atoms with Crippen molar-refractivity contribution in [2.75, 3.05) is 12.8 Å². The van der Waals surface area contributed by atoms with E-state index in [4.69, 9.17) is 22.1 Å². The maximum Gasteiger partial charge on any atom is 0.354 e. The molecule has 2 heterocycles. The lowest BCUT2D eigenvalue weighted by molar-refractivity contribution is 0.0595. The zero-order valence-electron chi connectivity index (χ0n) is 11.2. The molecule has 21 heavy (non-hydrogen) atoms. The van der Waals surface area contributed by atoms with Crippen LogP contribution >= 0.6 is 11.6 Å². The quantitative estimate of drug-likeness (QED) is 0.712. The minimum absolute atomic E-state index is 0.352. The van der Waals surface area contributed by atoms with Crippen molar-refractivity contribution in [1.82, 2.24) is 9.97 Å². The topological polar surface area (TPSA) is 81.0 Å². The van der Waals surface area contributed by atoms with Crippen molar-refractivity contribution in [3.05, 3.63) is 47.2 Å². The number of fused-ring (bicyclic) bond motifs is 1. The number of H-pyrrole nitrogens is 1. The highest BCUT2D eigenvalue weighted by atomic mass is 35.5. The van der Waals surface area contributed by atoms with Gasteiger partial charge in [-0.05, 0) is 29.8 Å². The van der Waals surface area contributed by atoms with Crippen LogP contribution in [-0.2, 0) is 4.74 Å². The Morgan fingerprint density at radius 1 is 1.33 bits per heavy atom. The van der Waals surface area contributed by atoms with E-state index in [9.17, 15) is 4.79 Å². The lowest BCUT2D eigenvalue weighted by Crippen LogP contribution is -2.00. The highest BCUT2D eigenvalue weighted by molar-refractivity contribution is 6.35. The first-order valence-corrected chi connectivity index (χ1v) is 6.59. The van der Waals surface area contributed by atoms with E-state index in [1.807, 2.05) is 12.1 Å². The molecule has 0 atom stereocenters. The molecule has 3 rings (SSSR count). The van der Waals surface area contributed by atoms with Gasteiger partial charge < -0.3 is 15.5 Å². The van der Waals surface area contributed by atoms with E-state index in [2.05, 4.69) is 9.97 Å². The van der Waals surface area contributed by atoms with Crippen molar-refractivity contribution in [1.29, 1.82) is 0 Å². The number of ether oxygens (including phenoxy) is 1. The summed E-state index contributed by atoms with van der Waals surface area (Å²) in [5.74, 6) is 0.0110. The number of benzene rings is 1. The molecule has 106 valence electrons. The van der Waals surface area contributed by atoms with Crippen molar-refractivity contribution >= 4 is 34.3 Å². The molecule has 3 N–H and O–H groups in total. The van der Waals surface area contributed by atoms with Crippen LogP contribution < -0.4 is 5.73 Å². The van der Waals surface area contributed by atoms with Gasteiger partial charge in [0.1, 0.15) is 11.5 Å². The molecule has 6 heteroatoms. The fraction of sp³-hybridized carbons (Fsp3) is 0.0667.